The molecule has 2 heterocycles. The normalized spacial score (nSPS) is 25.8. The smallest absolute Gasteiger partial charge is 0.293 e. The number of aliphatic hydroxyl groups is 1. The van der Waals surface area contributed by atoms with Crippen LogP contribution in [0.25, 0.3) is 0 Å². The average Bonchev–Trinajstić information content (AvgIpc) is 2.68. The summed E-state index contributed by atoms with van der Waals surface area (Å²) in [5, 5.41) is 15.5. The second-order valence-electron chi connectivity index (χ2n) is 3.87. The highest BCUT2D eigenvalue weighted by Crippen LogP contribution is 2.15. The number of hydrogen-bond acceptors (Lipinski definition) is 4. The van der Waals surface area contributed by atoms with Crippen LogP contribution in [0.4, 0.5) is 4.39 Å². The van der Waals surface area contributed by atoms with Gasteiger partial charge < -0.3 is 10.0 Å². The summed E-state index contributed by atoms with van der Waals surface area (Å²) in [4.78, 5) is 17.0. The van der Waals surface area contributed by atoms with E-state index in [1.165, 1.54) is 4.90 Å². The summed E-state index contributed by atoms with van der Waals surface area (Å²) in [6.45, 7) is 1.91. The van der Waals surface area contributed by atoms with Crippen molar-refractivity contribution in [3.63, 3.8) is 0 Å². The van der Waals surface area contributed by atoms with E-state index in [0.717, 1.165) is 0 Å². The standard InChI is InChI=1S/C9H13FN4O2/c1-5-11-8(13-12-5)9(16)14-3-2-7(15)6(10)4-14/h6-7,15H,2-4H2,1H3,(H,11,12,13)/t6-,7+/m1/s1. The second kappa shape index (κ2) is 4.17. The van der Waals surface area contributed by atoms with Crippen LogP contribution in [-0.4, -0.2) is 56.5 Å². The molecule has 1 aliphatic heterocycles. The van der Waals surface area contributed by atoms with Gasteiger partial charge in [-0.2, -0.15) is 0 Å². The van der Waals surface area contributed by atoms with E-state index < -0.39 is 18.2 Å². The molecule has 2 rings (SSSR count). The Morgan fingerprint density at radius 3 is 3.00 bits per heavy atom. The van der Waals surface area contributed by atoms with E-state index >= 15 is 0 Å². The van der Waals surface area contributed by atoms with Crippen molar-refractivity contribution in [3.8, 4) is 0 Å². The topological polar surface area (TPSA) is 82.1 Å². The molecule has 6 nitrogen and oxygen atoms in total. The zero-order chi connectivity index (χ0) is 11.7. The van der Waals surface area contributed by atoms with Crippen molar-refractivity contribution in [3.05, 3.63) is 11.6 Å². The third kappa shape index (κ3) is 2.04. The molecule has 2 N–H and O–H groups in total. The summed E-state index contributed by atoms with van der Waals surface area (Å²) in [7, 11) is 0. The molecule has 0 aromatic carbocycles. The van der Waals surface area contributed by atoms with Crippen molar-refractivity contribution >= 4 is 5.91 Å². The van der Waals surface area contributed by atoms with Crippen LogP contribution in [-0.2, 0) is 0 Å². The third-order valence-electron chi connectivity index (χ3n) is 2.58. The van der Waals surface area contributed by atoms with Crippen LogP contribution in [0.3, 0.4) is 0 Å². The third-order valence-corrected chi connectivity index (χ3v) is 2.58. The molecule has 0 aliphatic carbocycles. The first-order chi connectivity index (χ1) is 7.58. The van der Waals surface area contributed by atoms with Crippen molar-refractivity contribution in [2.45, 2.75) is 25.6 Å². The van der Waals surface area contributed by atoms with Gasteiger partial charge in [0, 0.05) is 6.54 Å². The summed E-state index contributed by atoms with van der Waals surface area (Å²) < 4.78 is 13.2. The summed E-state index contributed by atoms with van der Waals surface area (Å²) in [6.07, 6.45) is -2.12. The Labute approximate surface area is 91.5 Å². The summed E-state index contributed by atoms with van der Waals surface area (Å²) in [5.74, 6) is 0.178. The monoisotopic (exact) mass is 228 g/mol. The number of aryl methyl sites for hydroxylation is 1. The van der Waals surface area contributed by atoms with E-state index in [0.29, 0.717) is 12.4 Å². The Kier molecular flexibility index (Phi) is 2.86. The van der Waals surface area contributed by atoms with Gasteiger partial charge in [0.05, 0.1) is 12.6 Å². The molecule has 7 heteroatoms. The molecule has 88 valence electrons. The molecule has 2 atom stereocenters. The minimum atomic E-state index is -1.39. The minimum absolute atomic E-state index is 0.0427. The number of nitrogens with zero attached hydrogens (tertiary/aromatic N) is 3. The van der Waals surface area contributed by atoms with E-state index in [2.05, 4.69) is 15.2 Å². The number of halogens is 1. The SMILES string of the molecule is Cc1nc(C(=O)N2CC[C@H](O)[C@H](F)C2)n[nH]1. The molecule has 0 saturated carbocycles. The minimum Gasteiger partial charge on any atom is -0.390 e. The highest BCUT2D eigenvalue weighted by atomic mass is 19.1. The molecule has 0 radical (unpaired) electrons. The van der Waals surface area contributed by atoms with Crippen LogP contribution >= 0.6 is 0 Å². The van der Waals surface area contributed by atoms with Crippen LogP contribution in [0.5, 0.6) is 0 Å². The summed E-state index contributed by atoms with van der Waals surface area (Å²) >= 11 is 0. The number of rotatable bonds is 1. The molecule has 16 heavy (non-hydrogen) atoms. The van der Waals surface area contributed by atoms with Crippen LogP contribution in [0.2, 0.25) is 0 Å². The van der Waals surface area contributed by atoms with E-state index in [9.17, 15) is 14.3 Å². The van der Waals surface area contributed by atoms with Gasteiger partial charge in [0.1, 0.15) is 12.0 Å². The Morgan fingerprint density at radius 1 is 1.69 bits per heavy atom. The lowest BCUT2D eigenvalue weighted by atomic mass is 10.1. The van der Waals surface area contributed by atoms with E-state index in [1.807, 2.05) is 0 Å². The zero-order valence-corrected chi connectivity index (χ0v) is 8.85. The van der Waals surface area contributed by atoms with E-state index in [-0.39, 0.29) is 18.8 Å². The molecular formula is C9H13FN4O2. The van der Waals surface area contributed by atoms with Crippen molar-refractivity contribution in [2.24, 2.45) is 0 Å². The predicted octanol–water partition coefficient (Wildman–Crippen LogP) is -0.342. The molecule has 1 saturated heterocycles. The number of likely N-dealkylation sites (tertiary alicyclic amines) is 1. The zero-order valence-electron chi connectivity index (χ0n) is 8.85. The fourth-order valence-corrected chi connectivity index (χ4v) is 1.66. The number of aromatic amines is 1. The second-order valence-corrected chi connectivity index (χ2v) is 3.87. The number of aliphatic hydroxyl groups excluding tert-OH is 1. The van der Waals surface area contributed by atoms with Gasteiger partial charge in [0.2, 0.25) is 5.82 Å². The molecule has 1 aliphatic rings. The van der Waals surface area contributed by atoms with Gasteiger partial charge in [-0.3, -0.25) is 9.89 Å². The number of amides is 1. The maximum Gasteiger partial charge on any atom is 0.293 e. The number of alkyl halides is 1. The fourth-order valence-electron chi connectivity index (χ4n) is 1.66. The van der Waals surface area contributed by atoms with E-state index in [4.69, 9.17) is 0 Å². The molecule has 0 bridgehead atoms. The number of carbonyl (C=O) groups is 1. The predicted molar refractivity (Wildman–Crippen MR) is 52.5 cm³/mol. The van der Waals surface area contributed by atoms with Crippen LogP contribution in [0.1, 0.15) is 22.9 Å². The van der Waals surface area contributed by atoms with Crippen molar-refractivity contribution in [1.82, 2.24) is 20.1 Å². The van der Waals surface area contributed by atoms with E-state index in [1.54, 1.807) is 6.92 Å². The number of carbonyl (C=O) groups excluding carboxylic acids is 1. The Bertz CT molecular complexity index is 395. The molecule has 1 amide bonds. The molecule has 1 aromatic rings. The Morgan fingerprint density at radius 2 is 2.44 bits per heavy atom. The lowest BCUT2D eigenvalue weighted by molar-refractivity contribution is 0.00778. The lowest BCUT2D eigenvalue weighted by Crippen LogP contribution is -2.47. The highest BCUT2D eigenvalue weighted by molar-refractivity contribution is 5.90. The Hall–Kier alpha value is -1.50. The van der Waals surface area contributed by atoms with Crippen molar-refractivity contribution in [2.75, 3.05) is 13.1 Å². The lowest BCUT2D eigenvalue weighted by Gasteiger charge is -2.31. The number of nitrogens with one attached hydrogen (secondary N) is 1. The van der Waals surface area contributed by atoms with Gasteiger partial charge >= 0.3 is 0 Å². The number of aromatic nitrogens is 3. The number of H-pyrrole nitrogens is 1. The van der Waals surface area contributed by atoms with Gasteiger partial charge in [-0.1, -0.05) is 0 Å². The highest BCUT2D eigenvalue weighted by Gasteiger charge is 2.31. The van der Waals surface area contributed by atoms with Gasteiger partial charge in [0.15, 0.2) is 0 Å². The maximum absolute atomic E-state index is 13.2. The first kappa shape index (κ1) is 11.0. The molecular weight excluding hydrogens is 215 g/mol. The first-order valence-electron chi connectivity index (χ1n) is 5.08. The average molecular weight is 228 g/mol. The van der Waals surface area contributed by atoms with Crippen LogP contribution < -0.4 is 0 Å². The van der Waals surface area contributed by atoms with Crippen molar-refractivity contribution < 1.29 is 14.3 Å². The van der Waals surface area contributed by atoms with Crippen molar-refractivity contribution in [1.29, 1.82) is 0 Å². The summed E-state index contributed by atoms with van der Waals surface area (Å²) in [6, 6.07) is 0. The summed E-state index contributed by atoms with van der Waals surface area (Å²) in [5.41, 5.74) is 0. The number of piperidine rings is 1. The number of hydrogen-bond donors (Lipinski definition) is 2. The largest absolute Gasteiger partial charge is 0.390 e. The van der Waals surface area contributed by atoms with Crippen LogP contribution in [0.15, 0.2) is 0 Å². The van der Waals surface area contributed by atoms with Gasteiger partial charge in [-0.05, 0) is 13.3 Å². The quantitative estimate of drug-likeness (QED) is 0.688. The molecule has 0 unspecified atom stereocenters. The van der Waals surface area contributed by atoms with Gasteiger partial charge in [-0.25, -0.2) is 9.37 Å². The molecule has 0 spiro atoms. The maximum atomic E-state index is 13.2. The van der Waals surface area contributed by atoms with Gasteiger partial charge in [-0.15, -0.1) is 5.10 Å². The van der Waals surface area contributed by atoms with Gasteiger partial charge in [0.25, 0.3) is 5.91 Å². The molecule has 1 aromatic heterocycles. The Balaban J connectivity index is 2.06. The van der Waals surface area contributed by atoms with Crippen LogP contribution in [0, 0.1) is 6.92 Å². The fraction of sp³-hybridized carbons (Fsp3) is 0.667. The first-order valence-corrected chi connectivity index (χ1v) is 5.08. The molecule has 1 fully saturated rings.